The second-order valence-corrected chi connectivity index (χ2v) is 7.48. The molecule has 0 N–H and O–H groups in total. The number of likely N-dealkylation sites (tertiary alicyclic amines) is 1. The Morgan fingerprint density at radius 1 is 1.38 bits per heavy atom. The first-order valence-electron chi connectivity index (χ1n) is 9.11. The van der Waals surface area contributed by atoms with Gasteiger partial charge in [0.15, 0.2) is 0 Å². The van der Waals surface area contributed by atoms with Gasteiger partial charge in [0.2, 0.25) is 0 Å². The number of carbonyl (C=O) groups excluding carboxylic acids is 1. The Labute approximate surface area is 154 Å². The summed E-state index contributed by atoms with van der Waals surface area (Å²) in [7, 11) is 4.00. The van der Waals surface area contributed by atoms with Crippen molar-refractivity contribution in [2.24, 2.45) is 0 Å². The fourth-order valence-corrected chi connectivity index (χ4v) is 3.49. The lowest BCUT2D eigenvalue weighted by Gasteiger charge is -2.25. The van der Waals surface area contributed by atoms with E-state index in [1.807, 2.05) is 32.8 Å². The monoisotopic (exact) mass is 357 g/mol. The first-order valence-corrected chi connectivity index (χ1v) is 9.11. The first kappa shape index (κ1) is 18.5. The van der Waals surface area contributed by atoms with Crippen LogP contribution in [0.2, 0.25) is 0 Å². The van der Waals surface area contributed by atoms with Crippen molar-refractivity contribution in [2.75, 3.05) is 20.6 Å². The molecule has 1 fully saturated rings. The lowest BCUT2D eigenvalue weighted by molar-refractivity contribution is 0.0729. The van der Waals surface area contributed by atoms with E-state index in [2.05, 4.69) is 15.0 Å². The molecule has 0 bridgehead atoms. The Hall–Kier alpha value is -2.28. The van der Waals surface area contributed by atoms with Crippen molar-refractivity contribution in [3.63, 3.8) is 0 Å². The molecule has 7 nitrogen and oxygen atoms in total. The second kappa shape index (κ2) is 7.53. The molecule has 2 aromatic heterocycles. The minimum Gasteiger partial charge on any atom is -0.361 e. The summed E-state index contributed by atoms with van der Waals surface area (Å²) in [5.41, 5.74) is 3.10. The summed E-state index contributed by atoms with van der Waals surface area (Å²) in [6, 6.07) is -0.0496. The lowest BCUT2D eigenvalue weighted by Crippen LogP contribution is -2.32. The van der Waals surface area contributed by atoms with Crippen molar-refractivity contribution >= 4 is 5.91 Å². The molecule has 1 saturated heterocycles. The van der Waals surface area contributed by atoms with Gasteiger partial charge in [-0.25, -0.2) is 0 Å². The molecule has 0 aliphatic carbocycles. The predicted molar refractivity (Wildman–Crippen MR) is 97.8 cm³/mol. The number of aryl methyl sites for hydroxylation is 1. The third-order valence-corrected chi connectivity index (χ3v) is 4.69. The van der Waals surface area contributed by atoms with E-state index in [1.165, 1.54) is 0 Å². The molecule has 0 saturated carbocycles. The molecule has 1 aliphatic heterocycles. The average Bonchev–Trinajstić information content (AvgIpc) is 3.20. The fraction of sp³-hybridized carbons (Fsp3) is 0.579. The highest BCUT2D eigenvalue weighted by Crippen LogP contribution is 2.34. The van der Waals surface area contributed by atoms with Crippen LogP contribution in [0.3, 0.4) is 0 Å². The molecule has 3 heterocycles. The summed E-state index contributed by atoms with van der Waals surface area (Å²) in [5.74, 6) is 0.696. The number of rotatable bonds is 5. The van der Waals surface area contributed by atoms with Gasteiger partial charge in [-0.3, -0.25) is 14.8 Å². The highest BCUT2D eigenvalue weighted by atomic mass is 16.5. The van der Waals surface area contributed by atoms with Crippen molar-refractivity contribution in [1.82, 2.24) is 24.9 Å². The SMILES string of the molecule is Cc1onc(C(C)C)c1C(=O)N1CCC[C@@H]1c1cncc(CN(C)C)n1. The Balaban J connectivity index is 1.89. The highest BCUT2D eigenvalue weighted by Gasteiger charge is 2.35. The fourth-order valence-electron chi connectivity index (χ4n) is 3.49. The number of hydrogen-bond acceptors (Lipinski definition) is 6. The lowest BCUT2D eigenvalue weighted by atomic mass is 10.0. The Bertz CT molecular complexity index is 784. The van der Waals surface area contributed by atoms with E-state index < -0.39 is 0 Å². The summed E-state index contributed by atoms with van der Waals surface area (Å²) in [5, 5.41) is 4.10. The number of carbonyl (C=O) groups is 1. The third-order valence-electron chi connectivity index (χ3n) is 4.69. The quantitative estimate of drug-likeness (QED) is 0.819. The van der Waals surface area contributed by atoms with Gasteiger partial charge in [-0.2, -0.15) is 0 Å². The van der Waals surface area contributed by atoms with Crippen LogP contribution in [-0.2, 0) is 6.54 Å². The smallest absolute Gasteiger partial charge is 0.259 e. The maximum absolute atomic E-state index is 13.3. The molecule has 140 valence electrons. The zero-order chi connectivity index (χ0) is 18.8. The van der Waals surface area contributed by atoms with Gasteiger partial charge >= 0.3 is 0 Å². The highest BCUT2D eigenvalue weighted by molar-refractivity contribution is 5.96. The van der Waals surface area contributed by atoms with Crippen LogP contribution >= 0.6 is 0 Å². The van der Waals surface area contributed by atoms with Gasteiger partial charge in [0.1, 0.15) is 11.3 Å². The second-order valence-electron chi connectivity index (χ2n) is 7.48. The van der Waals surface area contributed by atoms with Crippen LogP contribution in [0.1, 0.15) is 71.8 Å². The molecule has 7 heteroatoms. The average molecular weight is 357 g/mol. The van der Waals surface area contributed by atoms with Crippen molar-refractivity contribution in [2.45, 2.75) is 52.1 Å². The third kappa shape index (κ3) is 3.62. The standard InChI is InChI=1S/C19H27N5O2/c1-12(2)18-17(13(3)26-22-18)19(25)24-8-6-7-16(24)15-10-20-9-14(21-15)11-23(4)5/h9-10,12,16H,6-8,11H2,1-5H3/t16-/m1/s1. The van der Waals surface area contributed by atoms with Gasteiger partial charge < -0.3 is 14.3 Å². The van der Waals surface area contributed by atoms with E-state index in [-0.39, 0.29) is 17.9 Å². The topological polar surface area (TPSA) is 75.4 Å². The van der Waals surface area contributed by atoms with E-state index in [0.29, 0.717) is 17.9 Å². The van der Waals surface area contributed by atoms with Crippen molar-refractivity contribution < 1.29 is 9.32 Å². The molecule has 3 rings (SSSR count). The molecule has 0 radical (unpaired) electrons. The molecular formula is C19H27N5O2. The van der Waals surface area contributed by atoms with Crippen LogP contribution in [0, 0.1) is 6.92 Å². The molecule has 1 aliphatic rings. The van der Waals surface area contributed by atoms with Gasteiger partial charge in [0.25, 0.3) is 5.91 Å². The minimum absolute atomic E-state index is 0.0187. The normalized spacial score (nSPS) is 17.5. The van der Waals surface area contributed by atoms with Gasteiger partial charge in [0, 0.05) is 19.3 Å². The number of amides is 1. The summed E-state index contributed by atoms with van der Waals surface area (Å²) < 4.78 is 5.31. The molecule has 1 amide bonds. The van der Waals surface area contributed by atoms with Gasteiger partial charge in [-0.05, 0) is 39.8 Å². The van der Waals surface area contributed by atoms with Crippen LogP contribution in [0.4, 0.5) is 0 Å². The summed E-state index contributed by atoms with van der Waals surface area (Å²) in [6.45, 7) is 7.28. The Kier molecular flexibility index (Phi) is 5.36. The minimum atomic E-state index is -0.0496. The molecule has 2 aromatic rings. The maximum atomic E-state index is 13.3. The van der Waals surface area contributed by atoms with Crippen LogP contribution < -0.4 is 0 Å². The van der Waals surface area contributed by atoms with Crippen LogP contribution in [-0.4, -0.2) is 51.5 Å². The number of aromatic nitrogens is 3. The van der Waals surface area contributed by atoms with E-state index in [1.54, 1.807) is 19.3 Å². The Morgan fingerprint density at radius 3 is 2.85 bits per heavy atom. The van der Waals surface area contributed by atoms with Gasteiger partial charge in [-0.1, -0.05) is 19.0 Å². The van der Waals surface area contributed by atoms with Crippen LogP contribution in [0.5, 0.6) is 0 Å². The van der Waals surface area contributed by atoms with E-state index in [9.17, 15) is 4.79 Å². The van der Waals surface area contributed by atoms with Crippen LogP contribution in [0.25, 0.3) is 0 Å². The van der Waals surface area contributed by atoms with E-state index in [4.69, 9.17) is 9.51 Å². The molecule has 1 atom stereocenters. The Morgan fingerprint density at radius 2 is 2.15 bits per heavy atom. The number of hydrogen-bond donors (Lipinski definition) is 0. The van der Waals surface area contributed by atoms with Crippen molar-refractivity contribution in [1.29, 1.82) is 0 Å². The summed E-state index contributed by atoms with van der Waals surface area (Å²) in [6.07, 6.45) is 5.41. The molecule has 0 unspecified atom stereocenters. The van der Waals surface area contributed by atoms with Crippen molar-refractivity contribution in [3.8, 4) is 0 Å². The van der Waals surface area contributed by atoms with E-state index in [0.717, 1.165) is 36.5 Å². The first-order chi connectivity index (χ1) is 12.4. The molecular weight excluding hydrogens is 330 g/mol. The predicted octanol–water partition coefficient (Wildman–Crippen LogP) is 2.94. The van der Waals surface area contributed by atoms with E-state index >= 15 is 0 Å². The summed E-state index contributed by atoms with van der Waals surface area (Å²) >= 11 is 0. The maximum Gasteiger partial charge on any atom is 0.259 e. The van der Waals surface area contributed by atoms with Crippen LogP contribution in [0.15, 0.2) is 16.9 Å². The van der Waals surface area contributed by atoms with Crippen molar-refractivity contribution in [3.05, 3.63) is 40.8 Å². The van der Waals surface area contributed by atoms with Gasteiger partial charge in [0.05, 0.1) is 29.3 Å². The van der Waals surface area contributed by atoms with Gasteiger partial charge in [-0.15, -0.1) is 0 Å². The zero-order valence-corrected chi connectivity index (χ0v) is 16.2. The molecule has 26 heavy (non-hydrogen) atoms. The molecule has 0 aromatic carbocycles. The summed E-state index contributed by atoms with van der Waals surface area (Å²) in [4.78, 5) is 26.3. The molecule has 0 spiro atoms. The zero-order valence-electron chi connectivity index (χ0n) is 16.2. The largest absolute Gasteiger partial charge is 0.361 e. The number of nitrogens with zero attached hydrogens (tertiary/aromatic N) is 5.